The van der Waals surface area contributed by atoms with E-state index in [1.807, 2.05) is 217 Å². The van der Waals surface area contributed by atoms with Crippen LogP contribution in [0.15, 0.2) is 99.2 Å². The van der Waals surface area contributed by atoms with Crippen LogP contribution in [0, 0.1) is 0 Å². The van der Waals surface area contributed by atoms with Gasteiger partial charge in [0, 0.05) is 97.8 Å². The van der Waals surface area contributed by atoms with Crippen LogP contribution in [0.25, 0.3) is 11.3 Å². The quantitative estimate of drug-likeness (QED) is 0.0580. The van der Waals surface area contributed by atoms with Crippen LogP contribution in [-0.2, 0) is 65.1 Å². The van der Waals surface area contributed by atoms with Crippen LogP contribution in [0.1, 0.15) is 245 Å². The summed E-state index contributed by atoms with van der Waals surface area (Å²) in [5, 5.41) is 22.9. The summed E-state index contributed by atoms with van der Waals surface area (Å²) in [6.45, 7) is 46.4. The standard InChI is InChI=1S/C32H40N8O4.C23H30BrN3O4.C12H24B2O4.C9H10ClN5/c1-8-40-19-23(17-34-40)35-29-33-13-11-25(36-29)21-9-10-24-20(16-26(41)27-37-28(44-38-27)31(2,3)4)12-14-39(18-22(24)15-21)30(42)43-32(5,6)7;1-22(2,3)20-25-19(26-31-20)18(28)12-14-9-10-27(21(29)30-23(4,5)6)13-15-11-16(24)7-8-17(14)15;1-9(2)10(3,4)16-13(15-9)14-17-11(5,6)12(7,8)18-14;1-2-15-6-7(5-12-15)13-9-11-4-3-8(10)14-9/h9-11,13,15,17,19-20H,8,12,14,16,18H2,1-7H3,(H,33,35,36);7-8,11,14H,9-10,12-13H2,1-6H3;1-8H3;3-6H,2H2,1H3,(H,11,13,14)/t;14-;;/m.0../s1. The Hall–Kier alpha value is -8.48. The topological polar surface area (TPSA) is 319 Å². The number of hydrogen-bond donors (Lipinski definition) is 2. The molecule has 0 spiro atoms. The molecule has 6 aromatic heterocycles. The van der Waals surface area contributed by atoms with Crippen LogP contribution < -0.4 is 10.6 Å². The number of aromatic nitrogens is 12. The van der Waals surface area contributed by atoms with E-state index < -0.39 is 31.3 Å². The molecule has 1 unspecified atom stereocenters. The highest BCUT2D eigenvalue weighted by Crippen LogP contribution is 2.44. The van der Waals surface area contributed by atoms with Gasteiger partial charge in [0.15, 0.2) is 0 Å². The number of fused-ring (bicyclic) bond motifs is 2. The molecule has 2 amide bonds. The number of nitrogens with zero attached hydrogens (tertiary/aromatic N) is 14. The lowest BCUT2D eigenvalue weighted by molar-refractivity contribution is 0.00578. The van der Waals surface area contributed by atoms with Crippen LogP contribution in [-0.4, -0.2) is 154 Å². The molecule has 10 heterocycles. The number of carbonyl (C=O) groups excluding carboxylic acids is 4. The molecule has 108 heavy (non-hydrogen) atoms. The molecule has 8 aromatic rings. The van der Waals surface area contributed by atoms with Gasteiger partial charge in [-0.15, -0.1) is 0 Å². The van der Waals surface area contributed by atoms with E-state index in [0.717, 1.165) is 62.4 Å². The van der Waals surface area contributed by atoms with E-state index in [1.165, 1.54) is 0 Å². The third-order valence-corrected chi connectivity index (χ3v) is 19.6. The molecule has 2 fully saturated rings. The SMILES string of the molecule is CC(C)(C)OC(=O)N1CC[C@@H](CC(=O)c2noc(C(C)(C)C)n2)c2ccc(Br)cc2C1.CC1(C)OB(B2OC(C)(C)C(C)(C)O2)OC1(C)C.CCn1cc(Nc2nccc(-c3ccc4c(c3)CN(C(=O)OC(C)(C)C)CCC4CC(=O)c3noc(C(C)(C)C)n3)n2)cn1.CCn1cc(Nc2nccc(Cl)n2)cn1. The van der Waals surface area contributed by atoms with E-state index in [4.69, 9.17) is 53.7 Å². The number of Topliss-reactive ketones (excluding diaryl/α,β-unsaturated/α-hetero) is 2. The summed E-state index contributed by atoms with van der Waals surface area (Å²) in [5.41, 5.74) is 3.87. The normalized spacial score (nSPS) is 18.0. The van der Waals surface area contributed by atoms with Gasteiger partial charge in [0.1, 0.15) is 16.4 Å². The minimum atomic E-state index is -0.634. The molecule has 32 heteroatoms. The number of aryl methyl sites for hydroxylation is 2. The van der Waals surface area contributed by atoms with Crippen LogP contribution in [0.4, 0.5) is 32.9 Å². The van der Waals surface area contributed by atoms with Gasteiger partial charge in [-0.3, -0.25) is 19.0 Å². The predicted molar refractivity (Wildman–Crippen MR) is 415 cm³/mol. The van der Waals surface area contributed by atoms with E-state index in [1.54, 1.807) is 40.7 Å². The van der Waals surface area contributed by atoms with Crippen molar-refractivity contribution in [2.75, 3.05) is 23.7 Å². The number of nitrogens with one attached hydrogen (secondary N) is 2. The van der Waals surface area contributed by atoms with Gasteiger partial charge in [0.25, 0.3) is 0 Å². The Kier molecular flexibility index (Phi) is 25.8. The van der Waals surface area contributed by atoms with E-state index in [0.29, 0.717) is 67.9 Å². The lowest BCUT2D eigenvalue weighted by atomic mass is 9.49. The minimum absolute atomic E-state index is 0.0559. The first kappa shape index (κ1) is 83.6. The van der Waals surface area contributed by atoms with Crippen molar-refractivity contribution in [3.63, 3.8) is 0 Å². The number of ketones is 2. The number of benzene rings is 2. The highest BCUT2D eigenvalue weighted by Gasteiger charge is 2.64. The Bertz CT molecular complexity index is 4390. The fourth-order valence-electron chi connectivity index (χ4n) is 11.7. The number of ether oxygens (including phenoxy) is 2. The lowest BCUT2D eigenvalue weighted by Crippen LogP contribution is -2.41. The Balaban J connectivity index is 0.000000181. The number of hydrogen-bond acceptors (Lipinski definition) is 24. The lowest BCUT2D eigenvalue weighted by Gasteiger charge is -2.32. The van der Waals surface area contributed by atoms with E-state index in [9.17, 15) is 19.2 Å². The fourth-order valence-corrected chi connectivity index (χ4v) is 12.2. The first-order valence-corrected chi connectivity index (χ1v) is 37.7. The third kappa shape index (κ3) is 21.9. The van der Waals surface area contributed by atoms with E-state index in [-0.39, 0.29) is 87.2 Å². The summed E-state index contributed by atoms with van der Waals surface area (Å²) in [5.74, 6) is 1.38. The van der Waals surface area contributed by atoms with Crippen LogP contribution >= 0.6 is 27.5 Å². The van der Waals surface area contributed by atoms with Gasteiger partial charge in [-0.2, -0.15) is 20.2 Å². The molecular formula is C76H104B2BrClN16O12. The highest BCUT2D eigenvalue weighted by molar-refractivity contribution is 9.10. The van der Waals surface area contributed by atoms with Gasteiger partial charge < -0.3 is 57.6 Å². The Morgan fingerprint density at radius 1 is 0.565 bits per heavy atom. The van der Waals surface area contributed by atoms with Gasteiger partial charge in [0.2, 0.25) is 46.9 Å². The molecule has 12 rings (SSSR count). The molecule has 2 atom stereocenters. The first-order valence-electron chi connectivity index (χ1n) is 36.5. The molecule has 0 bridgehead atoms. The predicted octanol–water partition coefficient (Wildman–Crippen LogP) is 16.2. The summed E-state index contributed by atoms with van der Waals surface area (Å²) >= 11 is 9.25. The molecule has 580 valence electrons. The molecule has 2 aromatic carbocycles. The van der Waals surface area contributed by atoms with Gasteiger partial charge >= 0.3 is 26.2 Å². The van der Waals surface area contributed by atoms with Gasteiger partial charge in [-0.1, -0.05) is 97.6 Å². The van der Waals surface area contributed by atoms with Crippen molar-refractivity contribution >= 4 is 88.6 Å². The van der Waals surface area contributed by atoms with Crippen molar-refractivity contribution in [1.29, 1.82) is 0 Å². The molecule has 28 nitrogen and oxygen atoms in total. The Morgan fingerprint density at radius 2 is 0.972 bits per heavy atom. The van der Waals surface area contributed by atoms with Gasteiger partial charge in [-0.25, -0.2) is 29.5 Å². The molecular weight excluding hydrogens is 1470 g/mol. The zero-order chi connectivity index (χ0) is 79.3. The van der Waals surface area contributed by atoms with Crippen LogP contribution in [0.5, 0.6) is 0 Å². The molecule has 0 radical (unpaired) electrons. The number of anilines is 4. The summed E-state index contributed by atoms with van der Waals surface area (Å²) in [7, 11) is -0.952. The average Bonchev–Trinajstić information content (AvgIpc) is 1.59. The molecule has 0 aliphatic carbocycles. The van der Waals surface area contributed by atoms with Gasteiger partial charge in [0.05, 0.1) is 51.9 Å². The molecule has 4 aliphatic rings. The van der Waals surface area contributed by atoms with Crippen molar-refractivity contribution in [3.8, 4) is 11.3 Å². The summed E-state index contributed by atoms with van der Waals surface area (Å²) < 4.78 is 50.4. The zero-order valence-corrected chi connectivity index (χ0v) is 68.7. The smallest absolute Gasteiger partial charge is 0.444 e. The molecule has 4 aliphatic heterocycles. The van der Waals surface area contributed by atoms with Gasteiger partial charge in [-0.05, 0) is 188 Å². The molecule has 0 saturated carbocycles. The third-order valence-electron chi connectivity index (χ3n) is 18.9. The first-order chi connectivity index (χ1) is 50.3. The second kappa shape index (κ2) is 33.4. The number of carbonyl (C=O) groups is 4. The fraction of sp³-hybridized carbons (Fsp3) is 0.553. The second-order valence-corrected chi connectivity index (χ2v) is 34.6. The van der Waals surface area contributed by atoms with Crippen molar-refractivity contribution in [3.05, 3.63) is 141 Å². The van der Waals surface area contributed by atoms with E-state index in [2.05, 4.69) is 72.0 Å². The zero-order valence-electron chi connectivity index (χ0n) is 66.4. The summed E-state index contributed by atoms with van der Waals surface area (Å²) in [6, 6.07) is 15.5. The molecule has 2 saturated heterocycles. The Labute approximate surface area is 647 Å². The summed E-state index contributed by atoms with van der Waals surface area (Å²) in [6.07, 6.45) is 11.4. The number of halogens is 2. The van der Waals surface area contributed by atoms with E-state index >= 15 is 0 Å². The van der Waals surface area contributed by atoms with Crippen molar-refractivity contribution in [1.82, 2.24) is 69.6 Å². The second-order valence-electron chi connectivity index (χ2n) is 33.3. The highest BCUT2D eigenvalue weighted by atomic mass is 79.9. The minimum Gasteiger partial charge on any atom is -0.444 e. The maximum Gasteiger partial charge on any atom is 0.488 e. The number of rotatable bonds is 14. The van der Waals surface area contributed by atoms with Crippen molar-refractivity contribution in [2.45, 2.75) is 260 Å². The maximum absolute atomic E-state index is 13.4. The molecule has 2 N–H and O–H groups in total. The summed E-state index contributed by atoms with van der Waals surface area (Å²) in [4.78, 5) is 81.4. The Morgan fingerprint density at radius 3 is 1.36 bits per heavy atom. The monoisotopic (exact) mass is 1570 g/mol. The van der Waals surface area contributed by atoms with Crippen LogP contribution in [0.3, 0.4) is 0 Å². The number of amides is 2. The van der Waals surface area contributed by atoms with Crippen LogP contribution in [0.2, 0.25) is 5.15 Å². The average molecular weight is 1570 g/mol. The maximum atomic E-state index is 13.4. The van der Waals surface area contributed by atoms with Crippen molar-refractivity contribution < 1.29 is 56.3 Å². The van der Waals surface area contributed by atoms with Crippen molar-refractivity contribution in [2.24, 2.45) is 0 Å². The largest absolute Gasteiger partial charge is 0.488 e.